The number of likely N-dealkylation sites (tertiary alicyclic amines) is 1. The summed E-state index contributed by atoms with van der Waals surface area (Å²) in [6, 6.07) is 7.73. The molecule has 0 unspecified atom stereocenters. The lowest BCUT2D eigenvalue weighted by Crippen LogP contribution is -2.66. The van der Waals surface area contributed by atoms with Gasteiger partial charge in [0.25, 0.3) is 5.91 Å². The Morgan fingerprint density at radius 2 is 2.26 bits per heavy atom. The van der Waals surface area contributed by atoms with Crippen molar-refractivity contribution in [1.29, 1.82) is 0 Å². The normalized spacial score (nSPS) is 20.6. The van der Waals surface area contributed by atoms with Crippen molar-refractivity contribution in [1.82, 2.24) is 14.9 Å². The van der Waals surface area contributed by atoms with Crippen molar-refractivity contribution < 1.29 is 14.3 Å². The zero-order valence-corrected chi connectivity index (χ0v) is 15.6. The first-order valence-corrected chi connectivity index (χ1v) is 9.49. The van der Waals surface area contributed by atoms with Gasteiger partial charge in [-0.05, 0) is 49.4 Å². The third kappa shape index (κ3) is 3.87. The second-order valence-electron chi connectivity index (χ2n) is 7.47. The molecule has 2 fully saturated rings. The number of ether oxygens (including phenoxy) is 2. The summed E-state index contributed by atoms with van der Waals surface area (Å²) in [7, 11) is 0. The van der Waals surface area contributed by atoms with Gasteiger partial charge in [-0.3, -0.25) is 14.8 Å². The highest BCUT2D eigenvalue weighted by Gasteiger charge is 2.54. The predicted molar refractivity (Wildman–Crippen MR) is 100 cm³/mol. The molecule has 6 heteroatoms. The molecule has 0 N–H and O–H groups in total. The fraction of sp³-hybridized carbons (Fsp3) is 0.476. The lowest BCUT2D eigenvalue weighted by molar-refractivity contribution is -0.120. The maximum absolute atomic E-state index is 12.6. The molecule has 0 radical (unpaired) electrons. The van der Waals surface area contributed by atoms with E-state index in [-0.39, 0.29) is 11.5 Å². The van der Waals surface area contributed by atoms with Crippen molar-refractivity contribution in [2.45, 2.75) is 32.0 Å². The van der Waals surface area contributed by atoms with E-state index in [2.05, 4.69) is 9.97 Å². The zero-order chi connectivity index (χ0) is 18.7. The number of carbonyl (C=O) groups is 1. The topological polar surface area (TPSA) is 64.6 Å². The molecule has 27 heavy (non-hydrogen) atoms. The maximum atomic E-state index is 12.6. The monoisotopic (exact) mass is 367 g/mol. The van der Waals surface area contributed by atoms with Crippen LogP contribution in [0, 0.1) is 12.8 Å². The van der Waals surface area contributed by atoms with Crippen molar-refractivity contribution in [3.63, 3.8) is 0 Å². The van der Waals surface area contributed by atoms with Crippen LogP contribution in [0.4, 0.5) is 0 Å². The van der Waals surface area contributed by atoms with E-state index in [4.69, 9.17) is 9.47 Å². The van der Waals surface area contributed by atoms with E-state index in [9.17, 15) is 4.79 Å². The summed E-state index contributed by atoms with van der Waals surface area (Å²) in [6.45, 7) is 5.24. The molecule has 0 aliphatic carbocycles. The molecule has 0 aromatic carbocycles. The standard InChI is InChI=1S/C21H25N3O3/c1-16-10-17(12-22-11-16)20(25)24-14-21(15-24)18(6-9-27-21)5-8-26-13-19-4-2-3-7-23-19/h2-4,7,10-12,18H,5-6,8-9,13-15H2,1H3/t18-/m1/s1. The van der Waals surface area contributed by atoms with E-state index in [1.165, 1.54) is 0 Å². The zero-order valence-electron chi connectivity index (χ0n) is 15.6. The number of aryl methyl sites for hydroxylation is 1. The fourth-order valence-corrected chi connectivity index (χ4v) is 4.03. The van der Waals surface area contributed by atoms with Gasteiger partial charge in [0.1, 0.15) is 5.60 Å². The summed E-state index contributed by atoms with van der Waals surface area (Å²) < 4.78 is 11.9. The second kappa shape index (κ2) is 7.74. The van der Waals surface area contributed by atoms with Crippen LogP contribution in [0.25, 0.3) is 0 Å². The minimum absolute atomic E-state index is 0.0393. The molecule has 1 amide bonds. The summed E-state index contributed by atoms with van der Waals surface area (Å²) in [5.41, 5.74) is 2.40. The summed E-state index contributed by atoms with van der Waals surface area (Å²) in [4.78, 5) is 22.9. The molecule has 2 aliphatic rings. The first-order valence-electron chi connectivity index (χ1n) is 9.49. The highest BCUT2D eigenvalue weighted by Crippen LogP contribution is 2.42. The van der Waals surface area contributed by atoms with Gasteiger partial charge >= 0.3 is 0 Å². The van der Waals surface area contributed by atoms with Crippen LogP contribution >= 0.6 is 0 Å². The van der Waals surface area contributed by atoms with Gasteiger partial charge in [0, 0.05) is 31.8 Å². The Bertz CT molecular complexity index is 790. The molecule has 6 nitrogen and oxygen atoms in total. The van der Waals surface area contributed by atoms with Crippen molar-refractivity contribution in [2.75, 3.05) is 26.3 Å². The van der Waals surface area contributed by atoms with Crippen molar-refractivity contribution >= 4 is 5.91 Å². The maximum Gasteiger partial charge on any atom is 0.255 e. The second-order valence-corrected chi connectivity index (χ2v) is 7.47. The van der Waals surface area contributed by atoms with Crippen molar-refractivity contribution in [3.05, 3.63) is 59.7 Å². The molecule has 0 saturated carbocycles. The first-order chi connectivity index (χ1) is 13.2. The van der Waals surface area contributed by atoms with E-state index >= 15 is 0 Å². The molecule has 2 saturated heterocycles. The summed E-state index contributed by atoms with van der Waals surface area (Å²) in [5.74, 6) is 0.471. The first kappa shape index (κ1) is 18.1. The van der Waals surface area contributed by atoms with Crippen LogP contribution in [0.1, 0.15) is 34.5 Å². The highest BCUT2D eigenvalue weighted by molar-refractivity contribution is 5.94. The van der Waals surface area contributed by atoms with E-state index in [1.54, 1.807) is 18.6 Å². The minimum atomic E-state index is -0.193. The molecule has 4 heterocycles. The molecule has 4 rings (SSSR count). The molecule has 0 bridgehead atoms. The Balaban J connectivity index is 1.27. The van der Waals surface area contributed by atoms with Gasteiger partial charge in [-0.2, -0.15) is 0 Å². The average Bonchev–Trinajstić information content (AvgIpc) is 3.08. The van der Waals surface area contributed by atoms with Crippen LogP contribution in [-0.4, -0.2) is 52.7 Å². The number of rotatable bonds is 6. The number of pyridine rings is 2. The Labute approximate surface area is 159 Å². The van der Waals surface area contributed by atoms with Gasteiger partial charge in [-0.25, -0.2) is 0 Å². The number of hydrogen-bond donors (Lipinski definition) is 0. The van der Waals surface area contributed by atoms with Crippen LogP contribution in [0.15, 0.2) is 42.9 Å². The van der Waals surface area contributed by atoms with Gasteiger partial charge in [-0.1, -0.05) is 6.07 Å². The fourth-order valence-electron chi connectivity index (χ4n) is 4.03. The van der Waals surface area contributed by atoms with Crippen molar-refractivity contribution in [2.24, 2.45) is 5.92 Å². The summed E-state index contributed by atoms with van der Waals surface area (Å²) in [5, 5.41) is 0. The molecule has 2 aromatic heterocycles. The van der Waals surface area contributed by atoms with Gasteiger partial charge < -0.3 is 14.4 Å². The number of amides is 1. The molecule has 1 spiro atoms. The Morgan fingerprint density at radius 1 is 1.37 bits per heavy atom. The predicted octanol–water partition coefficient (Wildman–Crippen LogP) is 2.62. The van der Waals surface area contributed by atoms with Crippen LogP contribution in [-0.2, 0) is 16.1 Å². The van der Waals surface area contributed by atoms with Crippen molar-refractivity contribution in [3.8, 4) is 0 Å². The Hall–Kier alpha value is -2.31. The van der Waals surface area contributed by atoms with Gasteiger partial charge in [0.2, 0.25) is 0 Å². The smallest absolute Gasteiger partial charge is 0.255 e. The number of nitrogens with zero attached hydrogens (tertiary/aromatic N) is 3. The molecule has 2 aromatic rings. The molecule has 2 aliphatic heterocycles. The van der Waals surface area contributed by atoms with E-state index < -0.39 is 0 Å². The molecule has 142 valence electrons. The van der Waals surface area contributed by atoms with E-state index in [0.717, 1.165) is 30.7 Å². The van der Waals surface area contributed by atoms with Crippen LogP contribution in [0.5, 0.6) is 0 Å². The lowest BCUT2D eigenvalue weighted by atomic mass is 9.79. The largest absolute Gasteiger partial charge is 0.375 e. The minimum Gasteiger partial charge on any atom is -0.375 e. The van der Waals surface area contributed by atoms with Gasteiger partial charge in [-0.15, -0.1) is 0 Å². The van der Waals surface area contributed by atoms with E-state index in [0.29, 0.717) is 37.8 Å². The molecule has 1 atom stereocenters. The van der Waals surface area contributed by atoms with Crippen LogP contribution in [0.3, 0.4) is 0 Å². The average molecular weight is 367 g/mol. The SMILES string of the molecule is Cc1cncc(C(=O)N2CC3(C2)OCC[C@H]3CCOCc2ccccn2)c1. The molecular weight excluding hydrogens is 342 g/mol. The molecular formula is C21H25N3O3. The van der Waals surface area contributed by atoms with E-state index in [1.807, 2.05) is 36.1 Å². The number of aromatic nitrogens is 2. The Kier molecular flexibility index (Phi) is 5.18. The van der Waals surface area contributed by atoms with Crippen LogP contribution < -0.4 is 0 Å². The van der Waals surface area contributed by atoms with Gasteiger partial charge in [0.15, 0.2) is 0 Å². The lowest BCUT2D eigenvalue weighted by Gasteiger charge is -2.50. The Morgan fingerprint density at radius 3 is 3.04 bits per heavy atom. The van der Waals surface area contributed by atoms with Gasteiger partial charge in [0.05, 0.1) is 31.0 Å². The quantitative estimate of drug-likeness (QED) is 0.735. The number of hydrogen-bond acceptors (Lipinski definition) is 5. The van der Waals surface area contributed by atoms with Crippen LogP contribution in [0.2, 0.25) is 0 Å². The number of carbonyl (C=O) groups excluding carboxylic acids is 1. The third-order valence-corrected chi connectivity index (χ3v) is 5.51. The summed E-state index contributed by atoms with van der Waals surface area (Å²) in [6.07, 6.45) is 7.15. The highest BCUT2D eigenvalue weighted by atomic mass is 16.5. The summed E-state index contributed by atoms with van der Waals surface area (Å²) >= 11 is 0. The third-order valence-electron chi connectivity index (χ3n) is 5.51.